The highest BCUT2D eigenvalue weighted by Gasteiger charge is 2.31. The number of carboxylic acid groups (broad SMARTS) is 1. The smallest absolute Gasteiger partial charge is 0.309 e. The van der Waals surface area contributed by atoms with Crippen molar-refractivity contribution in [2.45, 2.75) is 44.6 Å². The maximum atomic E-state index is 12.1. The first-order valence-electron chi connectivity index (χ1n) is 7.41. The average molecular weight is 295 g/mol. The molecule has 1 fully saturated rings. The van der Waals surface area contributed by atoms with Crippen LogP contribution in [0.1, 0.15) is 38.5 Å². The van der Waals surface area contributed by atoms with Crippen LogP contribution in [0.3, 0.4) is 0 Å². The van der Waals surface area contributed by atoms with Gasteiger partial charge in [0.2, 0.25) is 5.91 Å². The van der Waals surface area contributed by atoms with E-state index in [1.165, 1.54) is 0 Å². The first-order chi connectivity index (χ1) is 10.1. The Labute approximate surface area is 123 Å². The van der Waals surface area contributed by atoms with E-state index in [-0.39, 0.29) is 25.0 Å². The summed E-state index contributed by atoms with van der Waals surface area (Å²) in [7, 11) is 0. The van der Waals surface area contributed by atoms with E-state index in [4.69, 9.17) is 9.84 Å². The zero-order valence-electron chi connectivity index (χ0n) is 12.0. The molecule has 0 aromatic rings. The number of rotatable bonds is 2. The van der Waals surface area contributed by atoms with E-state index in [2.05, 4.69) is 0 Å². The molecule has 0 aromatic heterocycles. The van der Waals surface area contributed by atoms with E-state index in [0.29, 0.717) is 25.8 Å². The van der Waals surface area contributed by atoms with Gasteiger partial charge in [-0.1, -0.05) is 12.2 Å². The molecule has 21 heavy (non-hydrogen) atoms. The molecule has 1 saturated heterocycles. The fraction of sp³-hybridized carbons (Fsp3) is 0.667. The zero-order chi connectivity index (χ0) is 15.2. The number of cyclic esters (lactones) is 1. The molecule has 6 heteroatoms. The molecule has 2 aliphatic heterocycles. The van der Waals surface area contributed by atoms with Crippen LogP contribution < -0.4 is 0 Å². The van der Waals surface area contributed by atoms with Crippen molar-refractivity contribution in [2.75, 3.05) is 13.2 Å². The van der Waals surface area contributed by atoms with Gasteiger partial charge in [-0.15, -0.1) is 0 Å². The standard InChI is InChI=1S/C15H21NO5/c17-13-7-3-1-2-5-11(9-14(18)19)15(20)21-10-12-6-4-8-16(12)13/h1-2,11-12H,3-10H2,(H,18,19)/b2-1-/t11-,12-/m0/s1. The van der Waals surface area contributed by atoms with Gasteiger partial charge in [0, 0.05) is 13.0 Å². The Bertz CT molecular complexity index is 445. The van der Waals surface area contributed by atoms with Crippen molar-refractivity contribution in [1.82, 2.24) is 4.90 Å². The molecule has 2 atom stereocenters. The van der Waals surface area contributed by atoms with E-state index in [0.717, 1.165) is 12.8 Å². The molecule has 116 valence electrons. The van der Waals surface area contributed by atoms with Crippen molar-refractivity contribution >= 4 is 17.8 Å². The molecule has 0 aromatic carbocycles. The lowest BCUT2D eigenvalue weighted by atomic mass is 10.0. The molecule has 2 rings (SSSR count). The Kier molecular flexibility index (Phi) is 5.36. The fourth-order valence-corrected chi connectivity index (χ4v) is 2.84. The molecule has 6 nitrogen and oxygen atoms in total. The van der Waals surface area contributed by atoms with Crippen LogP contribution in [-0.4, -0.2) is 47.0 Å². The normalized spacial score (nSPS) is 29.0. The van der Waals surface area contributed by atoms with Crippen molar-refractivity contribution < 1.29 is 24.2 Å². The Morgan fingerprint density at radius 1 is 1.38 bits per heavy atom. The summed E-state index contributed by atoms with van der Waals surface area (Å²) in [6.45, 7) is 0.883. The van der Waals surface area contributed by atoms with Gasteiger partial charge in [0.1, 0.15) is 6.61 Å². The summed E-state index contributed by atoms with van der Waals surface area (Å²) in [4.78, 5) is 36.7. The number of carbonyl (C=O) groups is 3. The third-order valence-corrected chi connectivity index (χ3v) is 3.98. The summed E-state index contributed by atoms with van der Waals surface area (Å²) in [5.41, 5.74) is 0. The van der Waals surface area contributed by atoms with Crippen molar-refractivity contribution in [3.63, 3.8) is 0 Å². The van der Waals surface area contributed by atoms with Crippen LogP contribution in [0.5, 0.6) is 0 Å². The minimum Gasteiger partial charge on any atom is -0.481 e. The lowest BCUT2D eigenvalue weighted by Crippen LogP contribution is -2.39. The van der Waals surface area contributed by atoms with Gasteiger partial charge in [-0.05, 0) is 25.7 Å². The molecule has 0 unspecified atom stereocenters. The molecule has 2 aliphatic rings. The molecule has 0 bridgehead atoms. The molecule has 1 amide bonds. The average Bonchev–Trinajstić information content (AvgIpc) is 2.89. The highest BCUT2D eigenvalue weighted by atomic mass is 16.5. The number of esters is 1. The predicted octanol–water partition coefficient (Wildman–Crippen LogP) is 1.35. The Balaban J connectivity index is 2.07. The van der Waals surface area contributed by atoms with Crippen LogP contribution >= 0.6 is 0 Å². The second kappa shape index (κ2) is 7.24. The highest BCUT2D eigenvalue weighted by molar-refractivity contribution is 5.79. The van der Waals surface area contributed by atoms with Crippen molar-refractivity contribution in [1.29, 1.82) is 0 Å². The molecule has 0 saturated carbocycles. The third-order valence-electron chi connectivity index (χ3n) is 3.98. The van der Waals surface area contributed by atoms with E-state index in [9.17, 15) is 14.4 Å². The number of amides is 1. The number of allylic oxidation sites excluding steroid dienone is 2. The van der Waals surface area contributed by atoms with Gasteiger partial charge >= 0.3 is 11.9 Å². The summed E-state index contributed by atoms with van der Waals surface area (Å²) < 4.78 is 5.26. The van der Waals surface area contributed by atoms with Crippen LogP contribution in [0.4, 0.5) is 0 Å². The number of ether oxygens (including phenoxy) is 1. The van der Waals surface area contributed by atoms with E-state index < -0.39 is 17.9 Å². The van der Waals surface area contributed by atoms with Gasteiger partial charge in [-0.3, -0.25) is 14.4 Å². The highest BCUT2D eigenvalue weighted by Crippen LogP contribution is 2.21. The van der Waals surface area contributed by atoms with Crippen LogP contribution in [0.2, 0.25) is 0 Å². The maximum Gasteiger partial charge on any atom is 0.309 e. The lowest BCUT2D eigenvalue weighted by molar-refractivity contribution is -0.155. The predicted molar refractivity (Wildman–Crippen MR) is 74.4 cm³/mol. The van der Waals surface area contributed by atoms with Crippen LogP contribution in [-0.2, 0) is 19.1 Å². The van der Waals surface area contributed by atoms with Crippen molar-refractivity contribution in [3.05, 3.63) is 12.2 Å². The maximum absolute atomic E-state index is 12.1. The van der Waals surface area contributed by atoms with Gasteiger partial charge in [-0.25, -0.2) is 0 Å². The lowest BCUT2D eigenvalue weighted by Gasteiger charge is -2.25. The van der Waals surface area contributed by atoms with E-state index >= 15 is 0 Å². The van der Waals surface area contributed by atoms with Crippen LogP contribution in [0.25, 0.3) is 0 Å². The fourth-order valence-electron chi connectivity index (χ4n) is 2.84. The van der Waals surface area contributed by atoms with Gasteiger partial charge in [-0.2, -0.15) is 0 Å². The van der Waals surface area contributed by atoms with Gasteiger partial charge < -0.3 is 14.7 Å². The largest absolute Gasteiger partial charge is 0.481 e. The number of carbonyl (C=O) groups excluding carboxylic acids is 2. The first kappa shape index (κ1) is 15.5. The topological polar surface area (TPSA) is 83.9 Å². The SMILES string of the molecule is O=C(O)C[C@@H]1C/C=C\CCC(=O)N2CCC[C@H]2COC1=O. The van der Waals surface area contributed by atoms with Crippen LogP contribution in [0.15, 0.2) is 12.2 Å². The van der Waals surface area contributed by atoms with E-state index in [1.807, 2.05) is 6.08 Å². The molecule has 0 aliphatic carbocycles. The molecular formula is C15H21NO5. The van der Waals surface area contributed by atoms with Crippen molar-refractivity contribution in [3.8, 4) is 0 Å². The number of nitrogens with zero attached hydrogens (tertiary/aromatic N) is 1. The number of fused-ring (bicyclic) bond motifs is 1. The minimum atomic E-state index is -1.00. The third kappa shape index (κ3) is 4.31. The second-order valence-corrected chi connectivity index (χ2v) is 5.55. The number of aliphatic carboxylic acids is 1. The second-order valence-electron chi connectivity index (χ2n) is 5.55. The molecule has 2 heterocycles. The van der Waals surface area contributed by atoms with Gasteiger partial charge in [0.15, 0.2) is 0 Å². The summed E-state index contributed by atoms with van der Waals surface area (Å²) in [5.74, 6) is -2.04. The Hall–Kier alpha value is -1.85. The minimum absolute atomic E-state index is 0.0599. The van der Waals surface area contributed by atoms with E-state index in [1.54, 1.807) is 11.0 Å². The van der Waals surface area contributed by atoms with Crippen molar-refractivity contribution in [2.24, 2.45) is 5.92 Å². The molecule has 1 N–H and O–H groups in total. The molecule has 0 spiro atoms. The summed E-state index contributed by atoms with van der Waals surface area (Å²) in [6.07, 6.45) is 6.55. The Morgan fingerprint density at radius 3 is 2.95 bits per heavy atom. The molecular weight excluding hydrogens is 274 g/mol. The van der Waals surface area contributed by atoms with Gasteiger partial charge in [0.25, 0.3) is 0 Å². The quantitative estimate of drug-likeness (QED) is 0.614. The summed E-state index contributed by atoms with van der Waals surface area (Å²) in [5, 5.41) is 8.87. The zero-order valence-corrected chi connectivity index (χ0v) is 12.0. The molecule has 0 radical (unpaired) electrons. The number of hydrogen-bond acceptors (Lipinski definition) is 4. The first-order valence-corrected chi connectivity index (χ1v) is 7.41. The summed E-state index contributed by atoms with van der Waals surface area (Å²) in [6, 6.07) is -0.0599. The number of hydrogen-bond donors (Lipinski definition) is 1. The summed E-state index contributed by atoms with van der Waals surface area (Å²) >= 11 is 0. The van der Waals surface area contributed by atoms with Gasteiger partial charge in [0.05, 0.1) is 18.4 Å². The monoisotopic (exact) mass is 295 g/mol. The van der Waals surface area contributed by atoms with Crippen LogP contribution in [0, 0.1) is 5.92 Å². The Morgan fingerprint density at radius 2 is 2.19 bits per heavy atom. The number of carboxylic acids is 1.